The average molecular weight is 357 g/mol. The minimum atomic E-state index is -0.292. The van der Waals surface area contributed by atoms with Gasteiger partial charge >= 0.3 is 0 Å². The Balaban J connectivity index is 1.64. The van der Waals surface area contributed by atoms with Crippen LogP contribution in [-0.4, -0.2) is 39.7 Å². The van der Waals surface area contributed by atoms with Crippen molar-refractivity contribution in [2.75, 3.05) is 13.7 Å². The SMILES string of the molecule is COCc1noc(-c2nc3c([nH]2)C[C@@H](c2ccc(F)cc2)CNC3=O)n1. The Kier molecular flexibility index (Phi) is 4.21. The number of carbonyl (C=O) groups excluding carboxylic acids is 1. The summed E-state index contributed by atoms with van der Waals surface area (Å²) in [6, 6.07) is 6.28. The zero-order chi connectivity index (χ0) is 18.1. The van der Waals surface area contributed by atoms with Crippen molar-refractivity contribution in [1.29, 1.82) is 0 Å². The second-order valence-electron chi connectivity index (χ2n) is 6.02. The number of carbonyl (C=O) groups is 1. The molecule has 0 fully saturated rings. The lowest BCUT2D eigenvalue weighted by Crippen LogP contribution is -2.26. The fourth-order valence-electron chi connectivity index (χ4n) is 2.97. The molecule has 1 aromatic carbocycles. The second kappa shape index (κ2) is 6.68. The molecule has 9 heteroatoms. The lowest BCUT2D eigenvalue weighted by molar-refractivity contribution is 0.0950. The van der Waals surface area contributed by atoms with Crippen molar-refractivity contribution < 1.29 is 18.4 Å². The third-order valence-corrected chi connectivity index (χ3v) is 4.24. The number of benzene rings is 1. The van der Waals surface area contributed by atoms with Crippen molar-refractivity contribution in [2.24, 2.45) is 0 Å². The molecule has 2 N–H and O–H groups in total. The Labute approximate surface area is 147 Å². The standard InChI is InChI=1S/C17H16FN5O3/c1-25-8-13-21-17(26-23-13)15-20-12-6-10(7-19-16(24)14(12)22-15)9-2-4-11(18)5-3-9/h2-5,10H,6-8H2,1H3,(H,19,24)(H,20,22)/t10-/m1/s1. The van der Waals surface area contributed by atoms with E-state index in [0.29, 0.717) is 36.0 Å². The van der Waals surface area contributed by atoms with E-state index < -0.39 is 0 Å². The topological polar surface area (TPSA) is 106 Å². The number of halogens is 1. The van der Waals surface area contributed by atoms with Gasteiger partial charge in [0.2, 0.25) is 0 Å². The van der Waals surface area contributed by atoms with Crippen LogP contribution in [0.1, 0.15) is 33.5 Å². The quantitative estimate of drug-likeness (QED) is 0.738. The van der Waals surface area contributed by atoms with E-state index in [-0.39, 0.29) is 30.1 Å². The zero-order valence-corrected chi connectivity index (χ0v) is 14.0. The first kappa shape index (κ1) is 16.4. The summed E-state index contributed by atoms with van der Waals surface area (Å²) in [5.74, 6) is 0.350. The second-order valence-corrected chi connectivity index (χ2v) is 6.02. The highest BCUT2D eigenvalue weighted by molar-refractivity contribution is 5.94. The van der Waals surface area contributed by atoms with Gasteiger partial charge in [-0.25, -0.2) is 9.37 Å². The molecule has 8 nitrogen and oxygen atoms in total. The van der Waals surface area contributed by atoms with Crippen LogP contribution in [0.2, 0.25) is 0 Å². The Hall–Kier alpha value is -3.07. The molecule has 3 aromatic rings. The van der Waals surface area contributed by atoms with Gasteiger partial charge in [0.05, 0.1) is 0 Å². The molecule has 2 aromatic heterocycles. The van der Waals surface area contributed by atoms with Gasteiger partial charge in [0.1, 0.15) is 18.1 Å². The van der Waals surface area contributed by atoms with Crippen LogP contribution in [0.5, 0.6) is 0 Å². The summed E-state index contributed by atoms with van der Waals surface area (Å²) in [4.78, 5) is 23.9. The largest absolute Gasteiger partial charge is 0.377 e. The summed E-state index contributed by atoms with van der Waals surface area (Å²) in [6.45, 7) is 0.666. The molecule has 0 unspecified atom stereocenters. The van der Waals surface area contributed by atoms with Crippen LogP contribution in [0.15, 0.2) is 28.8 Å². The van der Waals surface area contributed by atoms with Gasteiger partial charge in [0.15, 0.2) is 11.6 Å². The molecule has 4 rings (SSSR count). The number of rotatable bonds is 4. The third-order valence-electron chi connectivity index (χ3n) is 4.24. The summed E-state index contributed by atoms with van der Waals surface area (Å²) in [7, 11) is 1.53. The van der Waals surface area contributed by atoms with Gasteiger partial charge in [-0.2, -0.15) is 4.98 Å². The maximum Gasteiger partial charge on any atom is 0.293 e. The van der Waals surface area contributed by atoms with Crippen molar-refractivity contribution in [3.8, 4) is 11.7 Å². The van der Waals surface area contributed by atoms with Crippen molar-refractivity contribution in [2.45, 2.75) is 18.9 Å². The Morgan fingerprint density at radius 1 is 1.31 bits per heavy atom. The third kappa shape index (κ3) is 3.08. The molecule has 3 heterocycles. The number of methoxy groups -OCH3 is 1. The molecule has 1 atom stereocenters. The van der Waals surface area contributed by atoms with Crippen molar-refractivity contribution >= 4 is 5.91 Å². The summed E-state index contributed by atoms with van der Waals surface area (Å²) in [5.41, 5.74) is 1.92. The van der Waals surface area contributed by atoms with E-state index in [0.717, 1.165) is 5.56 Å². The summed E-state index contributed by atoms with van der Waals surface area (Å²) in [6.07, 6.45) is 0.547. The van der Waals surface area contributed by atoms with Crippen LogP contribution in [0, 0.1) is 5.82 Å². The molecule has 134 valence electrons. The van der Waals surface area contributed by atoms with E-state index >= 15 is 0 Å². The molecule has 26 heavy (non-hydrogen) atoms. The first-order chi connectivity index (χ1) is 12.6. The number of amides is 1. The van der Waals surface area contributed by atoms with Crippen molar-refractivity contribution in [3.05, 3.63) is 52.9 Å². The Bertz CT molecular complexity index is 934. The first-order valence-electron chi connectivity index (χ1n) is 8.08. The van der Waals surface area contributed by atoms with Crippen LogP contribution in [0.4, 0.5) is 4.39 Å². The number of H-pyrrole nitrogens is 1. The minimum Gasteiger partial charge on any atom is -0.377 e. The number of hydrogen-bond donors (Lipinski definition) is 2. The van der Waals surface area contributed by atoms with E-state index in [1.165, 1.54) is 19.2 Å². The molecule has 0 saturated heterocycles. The van der Waals surface area contributed by atoms with E-state index in [4.69, 9.17) is 9.26 Å². The molecular formula is C17H16FN5O3. The number of aromatic nitrogens is 4. The van der Waals surface area contributed by atoms with Crippen LogP contribution < -0.4 is 5.32 Å². The fraction of sp³-hybridized carbons (Fsp3) is 0.294. The summed E-state index contributed by atoms with van der Waals surface area (Å²) < 4.78 is 23.3. The fourth-order valence-corrected chi connectivity index (χ4v) is 2.97. The zero-order valence-electron chi connectivity index (χ0n) is 14.0. The van der Waals surface area contributed by atoms with E-state index in [9.17, 15) is 9.18 Å². The lowest BCUT2D eigenvalue weighted by atomic mass is 9.94. The summed E-state index contributed by atoms with van der Waals surface area (Å²) >= 11 is 0. The number of nitrogens with zero attached hydrogens (tertiary/aromatic N) is 3. The van der Waals surface area contributed by atoms with E-state index in [2.05, 4.69) is 25.4 Å². The molecule has 1 aliphatic heterocycles. The molecule has 0 aliphatic carbocycles. The van der Waals surface area contributed by atoms with Crippen molar-refractivity contribution in [1.82, 2.24) is 25.4 Å². The highest BCUT2D eigenvalue weighted by Crippen LogP contribution is 2.26. The highest BCUT2D eigenvalue weighted by Gasteiger charge is 2.27. The van der Waals surface area contributed by atoms with Crippen LogP contribution >= 0.6 is 0 Å². The predicted molar refractivity (Wildman–Crippen MR) is 87.8 cm³/mol. The normalized spacial score (nSPS) is 16.8. The molecular weight excluding hydrogens is 341 g/mol. The average Bonchev–Trinajstić information content (AvgIpc) is 3.23. The molecule has 0 saturated carbocycles. The summed E-state index contributed by atoms with van der Waals surface area (Å²) in [5, 5.41) is 6.64. The molecule has 1 amide bonds. The Morgan fingerprint density at radius 2 is 2.12 bits per heavy atom. The van der Waals surface area contributed by atoms with Gasteiger partial charge in [-0.1, -0.05) is 17.3 Å². The number of fused-ring (bicyclic) bond motifs is 1. The molecule has 0 radical (unpaired) electrons. The van der Waals surface area contributed by atoms with Gasteiger partial charge in [0, 0.05) is 25.3 Å². The van der Waals surface area contributed by atoms with Gasteiger partial charge in [-0.15, -0.1) is 0 Å². The predicted octanol–water partition coefficient (Wildman–Crippen LogP) is 1.81. The monoisotopic (exact) mass is 357 g/mol. The van der Waals surface area contributed by atoms with Crippen LogP contribution in [0.25, 0.3) is 11.7 Å². The van der Waals surface area contributed by atoms with E-state index in [1.54, 1.807) is 12.1 Å². The highest BCUT2D eigenvalue weighted by atomic mass is 19.1. The Morgan fingerprint density at radius 3 is 2.88 bits per heavy atom. The number of aromatic amines is 1. The first-order valence-corrected chi connectivity index (χ1v) is 8.08. The van der Waals surface area contributed by atoms with Crippen LogP contribution in [0.3, 0.4) is 0 Å². The molecule has 1 aliphatic rings. The van der Waals surface area contributed by atoms with Gasteiger partial charge < -0.3 is 19.6 Å². The molecule has 0 bridgehead atoms. The maximum atomic E-state index is 13.2. The number of hydrogen-bond acceptors (Lipinski definition) is 6. The van der Waals surface area contributed by atoms with Crippen molar-refractivity contribution in [3.63, 3.8) is 0 Å². The van der Waals surface area contributed by atoms with E-state index in [1.807, 2.05) is 0 Å². The van der Waals surface area contributed by atoms with Gasteiger partial charge in [-0.05, 0) is 24.1 Å². The number of ether oxygens (including phenoxy) is 1. The smallest absolute Gasteiger partial charge is 0.293 e. The minimum absolute atomic E-state index is 0.000776. The molecule has 0 spiro atoms. The number of nitrogens with one attached hydrogen (secondary N) is 2. The maximum absolute atomic E-state index is 13.2. The van der Waals surface area contributed by atoms with Crippen LogP contribution in [-0.2, 0) is 17.8 Å². The van der Waals surface area contributed by atoms with Gasteiger partial charge in [0.25, 0.3) is 11.8 Å². The van der Waals surface area contributed by atoms with Gasteiger partial charge in [-0.3, -0.25) is 4.79 Å². The lowest BCUT2D eigenvalue weighted by Gasteiger charge is -2.14. The number of imidazole rings is 1.